The topological polar surface area (TPSA) is 0 Å². The van der Waals surface area contributed by atoms with Crippen LogP contribution in [0.2, 0.25) is 0 Å². The molecule has 1 aliphatic rings. The third-order valence-corrected chi connectivity index (χ3v) is 2.47. The van der Waals surface area contributed by atoms with Crippen molar-refractivity contribution in [3.05, 3.63) is 0 Å². The molecular formula is C9H18. The lowest BCUT2D eigenvalue weighted by Crippen LogP contribution is -1.94. The largest absolute Gasteiger partial charge is 0.0628 e. The summed E-state index contributed by atoms with van der Waals surface area (Å²) in [4.78, 5) is 0. The van der Waals surface area contributed by atoms with E-state index in [1.165, 1.54) is 12.8 Å². The van der Waals surface area contributed by atoms with E-state index in [2.05, 4.69) is 27.7 Å². The van der Waals surface area contributed by atoms with Crippen molar-refractivity contribution < 1.29 is 0 Å². The van der Waals surface area contributed by atoms with Gasteiger partial charge in [0.05, 0.1) is 0 Å². The van der Waals surface area contributed by atoms with Gasteiger partial charge in [-0.25, -0.2) is 0 Å². The molecule has 0 N–H and O–H groups in total. The molecule has 1 saturated carbocycles. The van der Waals surface area contributed by atoms with E-state index in [-0.39, 0.29) is 0 Å². The summed E-state index contributed by atoms with van der Waals surface area (Å²) in [5, 5.41) is 0. The van der Waals surface area contributed by atoms with Crippen molar-refractivity contribution in [2.24, 2.45) is 17.3 Å². The van der Waals surface area contributed by atoms with Gasteiger partial charge in [0.25, 0.3) is 0 Å². The molecule has 1 atom stereocenters. The maximum Gasteiger partial charge on any atom is -0.0323 e. The Morgan fingerprint density at radius 1 is 1.44 bits per heavy atom. The minimum Gasteiger partial charge on any atom is -0.0628 e. The Morgan fingerprint density at radius 3 is 2.00 bits per heavy atom. The molecular weight excluding hydrogens is 108 g/mol. The fourth-order valence-electron chi connectivity index (χ4n) is 1.55. The zero-order chi connectivity index (χ0) is 7.07. The average Bonchev–Trinajstić information content (AvgIpc) is 2.10. The fraction of sp³-hybridized carbons (Fsp3) is 1.00. The summed E-state index contributed by atoms with van der Waals surface area (Å²) in [5.74, 6) is 1.94. The molecule has 1 unspecified atom stereocenters. The molecule has 0 aromatic carbocycles. The van der Waals surface area contributed by atoms with Gasteiger partial charge in [0.1, 0.15) is 0 Å². The molecule has 0 aromatic heterocycles. The Hall–Kier alpha value is 0. The summed E-state index contributed by atoms with van der Waals surface area (Å²) in [7, 11) is 0. The second-order valence-electron chi connectivity index (χ2n) is 4.52. The van der Waals surface area contributed by atoms with E-state index in [0.717, 1.165) is 11.8 Å². The van der Waals surface area contributed by atoms with E-state index in [9.17, 15) is 0 Å². The molecule has 0 heteroatoms. The lowest BCUT2D eigenvalue weighted by atomic mass is 10.0. The highest BCUT2D eigenvalue weighted by molar-refractivity contribution is 4.94. The van der Waals surface area contributed by atoms with E-state index < -0.39 is 0 Å². The number of hydrogen-bond donors (Lipinski definition) is 0. The third kappa shape index (κ3) is 1.70. The molecule has 0 spiro atoms. The minimum absolute atomic E-state index is 0.699. The van der Waals surface area contributed by atoms with Crippen molar-refractivity contribution in [1.29, 1.82) is 0 Å². The first kappa shape index (κ1) is 7.11. The van der Waals surface area contributed by atoms with Crippen molar-refractivity contribution in [1.82, 2.24) is 0 Å². The summed E-state index contributed by atoms with van der Waals surface area (Å²) >= 11 is 0. The molecule has 1 fully saturated rings. The summed E-state index contributed by atoms with van der Waals surface area (Å²) < 4.78 is 0. The van der Waals surface area contributed by atoms with Crippen LogP contribution in [0.15, 0.2) is 0 Å². The Bertz CT molecular complexity index is 101. The smallest absolute Gasteiger partial charge is 0.0323 e. The second-order valence-corrected chi connectivity index (χ2v) is 4.52. The highest BCUT2D eigenvalue weighted by Crippen LogP contribution is 2.54. The van der Waals surface area contributed by atoms with Crippen LogP contribution in [0.4, 0.5) is 0 Å². The molecule has 0 nitrogen and oxygen atoms in total. The summed E-state index contributed by atoms with van der Waals surface area (Å²) in [6.07, 6.45) is 2.90. The quantitative estimate of drug-likeness (QED) is 0.533. The fourth-order valence-corrected chi connectivity index (χ4v) is 1.55. The highest BCUT2D eigenvalue weighted by Gasteiger charge is 2.44. The predicted octanol–water partition coefficient (Wildman–Crippen LogP) is 3.08. The normalized spacial score (nSPS) is 31.0. The zero-order valence-electron chi connectivity index (χ0n) is 7.07. The second kappa shape index (κ2) is 2.00. The van der Waals surface area contributed by atoms with E-state index in [0.29, 0.717) is 5.41 Å². The Balaban J connectivity index is 2.20. The van der Waals surface area contributed by atoms with Crippen LogP contribution in [0.5, 0.6) is 0 Å². The summed E-state index contributed by atoms with van der Waals surface area (Å²) in [6, 6.07) is 0. The Labute approximate surface area is 58.7 Å². The lowest BCUT2D eigenvalue weighted by molar-refractivity contribution is 0.462. The van der Waals surface area contributed by atoms with Crippen LogP contribution < -0.4 is 0 Å². The highest BCUT2D eigenvalue weighted by atomic mass is 14.5. The monoisotopic (exact) mass is 126 g/mol. The summed E-state index contributed by atoms with van der Waals surface area (Å²) in [6.45, 7) is 9.38. The van der Waals surface area contributed by atoms with Gasteiger partial charge in [-0.3, -0.25) is 0 Å². The molecule has 0 radical (unpaired) electrons. The third-order valence-electron chi connectivity index (χ3n) is 2.47. The zero-order valence-corrected chi connectivity index (χ0v) is 7.07. The molecule has 0 aromatic rings. The Morgan fingerprint density at radius 2 is 1.89 bits per heavy atom. The molecule has 54 valence electrons. The van der Waals surface area contributed by atoms with E-state index >= 15 is 0 Å². The van der Waals surface area contributed by atoms with E-state index in [4.69, 9.17) is 0 Å². The molecule has 1 aliphatic carbocycles. The first-order valence-corrected chi connectivity index (χ1v) is 4.02. The molecule has 0 saturated heterocycles. The lowest BCUT2D eigenvalue weighted by Gasteiger charge is -2.04. The molecule has 9 heavy (non-hydrogen) atoms. The maximum absolute atomic E-state index is 2.38. The van der Waals surface area contributed by atoms with Gasteiger partial charge in [0.2, 0.25) is 0 Å². The summed E-state index contributed by atoms with van der Waals surface area (Å²) in [5.41, 5.74) is 0.699. The molecule has 0 heterocycles. The molecule has 0 amide bonds. The van der Waals surface area contributed by atoms with E-state index in [1.54, 1.807) is 0 Å². The van der Waals surface area contributed by atoms with Crippen molar-refractivity contribution in [2.75, 3.05) is 0 Å². The van der Waals surface area contributed by atoms with Gasteiger partial charge in [-0.2, -0.15) is 0 Å². The van der Waals surface area contributed by atoms with Gasteiger partial charge < -0.3 is 0 Å². The van der Waals surface area contributed by atoms with Gasteiger partial charge in [-0.1, -0.05) is 27.7 Å². The van der Waals surface area contributed by atoms with Crippen LogP contribution in [-0.4, -0.2) is 0 Å². The van der Waals surface area contributed by atoms with Crippen LogP contribution in [0.3, 0.4) is 0 Å². The van der Waals surface area contributed by atoms with Crippen LogP contribution in [0.25, 0.3) is 0 Å². The Kier molecular flexibility index (Phi) is 1.58. The molecule has 0 bridgehead atoms. The predicted molar refractivity (Wildman–Crippen MR) is 41.3 cm³/mol. The average molecular weight is 126 g/mol. The first-order valence-electron chi connectivity index (χ1n) is 4.02. The van der Waals surface area contributed by atoms with Gasteiger partial charge in [0, 0.05) is 0 Å². The number of hydrogen-bond acceptors (Lipinski definition) is 0. The maximum atomic E-state index is 2.38. The van der Waals surface area contributed by atoms with Gasteiger partial charge in [-0.15, -0.1) is 0 Å². The van der Waals surface area contributed by atoms with Crippen molar-refractivity contribution in [2.45, 2.75) is 40.5 Å². The first-order chi connectivity index (χ1) is 4.02. The van der Waals surface area contributed by atoms with Crippen molar-refractivity contribution >= 4 is 0 Å². The molecule has 1 rings (SSSR count). The SMILES string of the molecule is CC(C)CC1CC1(C)C. The van der Waals surface area contributed by atoms with E-state index in [1.807, 2.05) is 0 Å². The van der Waals surface area contributed by atoms with Crippen molar-refractivity contribution in [3.8, 4) is 0 Å². The molecule has 0 aliphatic heterocycles. The van der Waals surface area contributed by atoms with Gasteiger partial charge in [-0.05, 0) is 30.1 Å². The van der Waals surface area contributed by atoms with Gasteiger partial charge >= 0.3 is 0 Å². The standard InChI is InChI=1S/C9H18/c1-7(2)5-8-6-9(8,3)4/h7-8H,5-6H2,1-4H3. The van der Waals surface area contributed by atoms with Crippen LogP contribution in [-0.2, 0) is 0 Å². The van der Waals surface area contributed by atoms with Crippen LogP contribution in [0, 0.1) is 17.3 Å². The van der Waals surface area contributed by atoms with Gasteiger partial charge in [0.15, 0.2) is 0 Å². The van der Waals surface area contributed by atoms with Crippen molar-refractivity contribution in [3.63, 3.8) is 0 Å². The number of rotatable bonds is 2. The van der Waals surface area contributed by atoms with Crippen LogP contribution >= 0.6 is 0 Å². The minimum atomic E-state index is 0.699. The van der Waals surface area contributed by atoms with Crippen LogP contribution in [0.1, 0.15) is 40.5 Å².